The van der Waals surface area contributed by atoms with Crippen LogP contribution in [0, 0.1) is 5.82 Å². The van der Waals surface area contributed by atoms with E-state index in [1.54, 1.807) is 6.92 Å². The quantitative estimate of drug-likeness (QED) is 0.747. The van der Waals surface area contributed by atoms with Gasteiger partial charge in [-0.15, -0.1) is 0 Å². The number of carbonyl (C=O) groups is 1. The first-order valence-corrected chi connectivity index (χ1v) is 8.67. The number of halogens is 4. The van der Waals surface area contributed by atoms with Gasteiger partial charge in [-0.2, -0.15) is 13.2 Å². The summed E-state index contributed by atoms with van der Waals surface area (Å²) in [6.45, 7) is 2.56. The summed E-state index contributed by atoms with van der Waals surface area (Å²) in [7, 11) is 0. The van der Waals surface area contributed by atoms with Crippen molar-refractivity contribution in [3.63, 3.8) is 0 Å². The van der Waals surface area contributed by atoms with Gasteiger partial charge in [0.2, 0.25) is 0 Å². The number of alkyl halides is 3. The highest BCUT2D eigenvalue weighted by Crippen LogP contribution is 2.33. The zero-order chi connectivity index (χ0) is 19.6. The van der Waals surface area contributed by atoms with Crippen molar-refractivity contribution in [3.8, 4) is 0 Å². The van der Waals surface area contributed by atoms with E-state index >= 15 is 0 Å². The van der Waals surface area contributed by atoms with Crippen LogP contribution in [0.25, 0.3) is 0 Å². The number of rotatable bonds is 3. The maximum absolute atomic E-state index is 13.3. The van der Waals surface area contributed by atoms with Crippen LogP contribution < -0.4 is 0 Å². The van der Waals surface area contributed by atoms with Crippen LogP contribution in [0.2, 0.25) is 0 Å². The van der Waals surface area contributed by atoms with Crippen molar-refractivity contribution in [3.05, 3.63) is 71.5 Å². The smallest absolute Gasteiger partial charge is 0.325 e. The van der Waals surface area contributed by atoms with Crippen molar-refractivity contribution in [2.24, 2.45) is 0 Å². The van der Waals surface area contributed by atoms with Gasteiger partial charge in [-0.25, -0.2) is 4.39 Å². The number of hydrogen-bond acceptors (Lipinski definition) is 2. The van der Waals surface area contributed by atoms with Gasteiger partial charge in [0.25, 0.3) is 0 Å². The summed E-state index contributed by atoms with van der Waals surface area (Å²) in [6, 6.07) is 13.8. The molecular formula is C20H20F4N2O. The molecule has 144 valence electrons. The fourth-order valence-corrected chi connectivity index (χ4v) is 3.42. The summed E-state index contributed by atoms with van der Waals surface area (Å²) in [5.74, 6) is -2.33. The summed E-state index contributed by atoms with van der Waals surface area (Å²) in [4.78, 5) is 14.9. The number of nitrogens with zero attached hydrogens (tertiary/aromatic N) is 2. The third-order valence-electron chi connectivity index (χ3n) is 4.85. The van der Waals surface area contributed by atoms with Crippen LogP contribution in [0.3, 0.4) is 0 Å². The van der Waals surface area contributed by atoms with Crippen molar-refractivity contribution in [2.45, 2.75) is 31.7 Å². The molecule has 2 aromatic carbocycles. The third-order valence-corrected chi connectivity index (χ3v) is 4.85. The van der Waals surface area contributed by atoms with E-state index in [9.17, 15) is 22.4 Å². The maximum atomic E-state index is 13.3. The third kappa shape index (κ3) is 4.47. The molecule has 1 saturated heterocycles. The van der Waals surface area contributed by atoms with E-state index in [1.165, 1.54) is 24.3 Å². The fraction of sp³-hybridized carbons (Fsp3) is 0.350. The Morgan fingerprint density at radius 2 is 1.67 bits per heavy atom. The van der Waals surface area contributed by atoms with Crippen LogP contribution >= 0.6 is 0 Å². The van der Waals surface area contributed by atoms with Gasteiger partial charge in [-0.3, -0.25) is 9.69 Å². The predicted molar refractivity (Wildman–Crippen MR) is 93.2 cm³/mol. The molecule has 3 nitrogen and oxygen atoms in total. The first-order chi connectivity index (χ1) is 12.8. The van der Waals surface area contributed by atoms with E-state index in [0.29, 0.717) is 12.1 Å². The normalized spacial score (nSPS) is 21.3. The fourth-order valence-electron chi connectivity index (χ4n) is 3.42. The van der Waals surface area contributed by atoms with Gasteiger partial charge in [0.1, 0.15) is 5.82 Å². The molecule has 0 unspecified atom stereocenters. The molecule has 0 aliphatic carbocycles. The first kappa shape index (κ1) is 19.4. The van der Waals surface area contributed by atoms with Crippen LogP contribution in [-0.2, 0) is 11.3 Å². The van der Waals surface area contributed by atoms with E-state index in [2.05, 4.69) is 0 Å². The Morgan fingerprint density at radius 1 is 1.04 bits per heavy atom. The van der Waals surface area contributed by atoms with Crippen LogP contribution in [0.15, 0.2) is 54.6 Å². The van der Waals surface area contributed by atoms with Gasteiger partial charge >= 0.3 is 12.1 Å². The molecule has 1 heterocycles. The Morgan fingerprint density at radius 3 is 2.26 bits per heavy atom. The summed E-state index contributed by atoms with van der Waals surface area (Å²) in [5, 5.41) is 0. The van der Waals surface area contributed by atoms with Gasteiger partial charge < -0.3 is 4.90 Å². The average molecular weight is 380 g/mol. The molecule has 1 amide bonds. The van der Waals surface area contributed by atoms with Crippen LogP contribution in [-0.4, -0.2) is 41.0 Å². The summed E-state index contributed by atoms with van der Waals surface area (Å²) in [5.41, 5.74) is 1.52. The minimum absolute atomic E-state index is 0.0484. The highest BCUT2D eigenvalue weighted by atomic mass is 19.4. The Balaban J connectivity index is 1.89. The monoisotopic (exact) mass is 380 g/mol. The lowest BCUT2D eigenvalue weighted by molar-refractivity contribution is -0.191. The molecule has 27 heavy (non-hydrogen) atoms. The van der Waals surface area contributed by atoms with Crippen molar-refractivity contribution >= 4 is 5.91 Å². The number of amides is 1. The molecule has 1 fully saturated rings. The molecule has 0 N–H and O–H groups in total. The molecular weight excluding hydrogens is 360 g/mol. The lowest BCUT2D eigenvalue weighted by Gasteiger charge is -2.45. The lowest BCUT2D eigenvalue weighted by atomic mass is 9.98. The summed E-state index contributed by atoms with van der Waals surface area (Å²) >= 11 is 0. The minimum Gasteiger partial charge on any atom is -0.325 e. The molecule has 2 aromatic rings. The molecule has 2 atom stereocenters. The zero-order valence-corrected chi connectivity index (χ0v) is 14.8. The summed E-state index contributed by atoms with van der Waals surface area (Å²) < 4.78 is 52.5. The van der Waals surface area contributed by atoms with Crippen molar-refractivity contribution in [2.75, 3.05) is 13.1 Å². The van der Waals surface area contributed by atoms with Crippen LogP contribution in [0.4, 0.5) is 17.6 Å². The molecule has 0 saturated carbocycles. The molecule has 0 bridgehead atoms. The average Bonchev–Trinajstić information content (AvgIpc) is 2.63. The van der Waals surface area contributed by atoms with Gasteiger partial charge in [-0.1, -0.05) is 42.5 Å². The number of hydrogen-bond donors (Lipinski definition) is 0. The molecule has 0 radical (unpaired) electrons. The van der Waals surface area contributed by atoms with Gasteiger partial charge in [0.15, 0.2) is 0 Å². The Labute approximate surface area is 155 Å². The highest BCUT2D eigenvalue weighted by molar-refractivity contribution is 5.82. The van der Waals surface area contributed by atoms with E-state index in [4.69, 9.17) is 0 Å². The summed E-state index contributed by atoms with van der Waals surface area (Å²) in [6.07, 6.45) is -4.94. The van der Waals surface area contributed by atoms with Crippen LogP contribution in [0.5, 0.6) is 0 Å². The van der Waals surface area contributed by atoms with Crippen molar-refractivity contribution in [1.29, 1.82) is 0 Å². The van der Waals surface area contributed by atoms with Gasteiger partial charge in [-0.05, 0) is 30.2 Å². The lowest BCUT2D eigenvalue weighted by Crippen LogP contribution is -2.57. The zero-order valence-electron chi connectivity index (χ0n) is 14.8. The maximum Gasteiger partial charge on any atom is 0.471 e. The number of carbonyl (C=O) groups excluding carboxylic acids is 1. The number of benzene rings is 2. The minimum atomic E-state index is -4.94. The Bertz CT molecular complexity index is 777. The Kier molecular flexibility index (Phi) is 5.51. The van der Waals surface area contributed by atoms with E-state index in [0.717, 1.165) is 10.5 Å². The van der Waals surface area contributed by atoms with E-state index < -0.39 is 23.9 Å². The standard InChI is InChI=1S/C20H20F4N2O/c1-14-11-26(19(27)20(22,23)24)18(16-7-9-17(21)10-8-16)13-25(14)12-15-5-3-2-4-6-15/h2-10,14,18H,11-13H2,1H3/t14-,18-/m1/s1. The van der Waals surface area contributed by atoms with E-state index in [-0.39, 0.29) is 19.1 Å². The van der Waals surface area contributed by atoms with Gasteiger partial charge in [0, 0.05) is 25.7 Å². The largest absolute Gasteiger partial charge is 0.471 e. The second-order valence-electron chi connectivity index (χ2n) is 6.79. The Hall–Kier alpha value is -2.41. The highest BCUT2D eigenvalue weighted by Gasteiger charge is 2.47. The van der Waals surface area contributed by atoms with Crippen molar-refractivity contribution < 1.29 is 22.4 Å². The molecule has 7 heteroatoms. The SMILES string of the molecule is C[C@@H]1CN(C(=O)C(F)(F)F)[C@@H](c2ccc(F)cc2)CN1Cc1ccccc1. The number of piperazine rings is 1. The topological polar surface area (TPSA) is 23.6 Å². The molecule has 1 aliphatic heterocycles. The van der Waals surface area contributed by atoms with Crippen LogP contribution in [0.1, 0.15) is 24.1 Å². The first-order valence-electron chi connectivity index (χ1n) is 8.67. The second kappa shape index (κ2) is 7.68. The predicted octanol–water partition coefficient (Wildman–Crippen LogP) is 4.16. The second-order valence-corrected chi connectivity index (χ2v) is 6.79. The molecule has 3 rings (SSSR count). The van der Waals surface area contributed by atoms with Gasteiger partial charge in [0.05, 0.1) is 6.04 Å². The van der Waals surface area contributed by atoms with Crippen molar-refractivity contribution in [1.82, 2.24) is 9.80 Å². The van der Waals surface area contributed by atoms with E-state index in [1.807, 2.05) is 35.2 Å². The molecule has 1 aliphatic rings. The molecule has 0 aromatic heterocycles. The molecule has 0 spiro atoms.